The second-order valence-corrected chi connectivity index (χ2v) is 7.28. The molecule has 1 atom stereocenters. The molecule has 0 amide bonds. The molecular weight excluding hydrogens is 280 g/mol. The summed E-state index contributed by atoms with van der Waals surface area (Å²) in [5.74, 6) is 0.854. The molecule has 1 aliphatic heterocycles. The van der Waals surface area contributed by atoms with Gasteiger partial charge in [-0.2, -0.15) is 0 Å². The molecular formula is C17H28N2OS. The van der Waals surface area contributed by atoms with Crippen LogP contribution in [-0.4, -0.2) is 44.3 Å². The number of ether oxygens (including phenoxy) is 1. The van der Waals surface area contributed by atoms with Gasteiger partial charge in [0.05, 0.1) is 13.2 Å². The van der Waals surface area contributed by atoms with Crippen LogP contribution < -0.4 is 5.32 Å². The van der Waals surface area contributed by atoms with Crippen LogP contribution in [0.4, 0.5) is 0 Å². The van der Waals surface area contributed by atoms with Crippen LogP contribution in [0.5, 0.6) is 0 Å². The first kappa shape index (κ1) is 15.5. The van der Waals surface area contributed by atoms with Gasteiger partial charge in [0.15, 0.2) is 0 Å². The van der Waals surface area contributed by atoms with E-state index in [-0.39, 0.29) is 0 Å². The van der Waals surface area contributed by atoms with E-state index in [1.165, 1.54) is 43.5 Å². The molecule has 3 rings (SSSR count). The number of morpholine rings is 1. The lowest BCUT2D eigenvalue weighted by molar-refractivity contribution is 0.0373. The highest BCUT2D eigenvalue weighted by atomic mass is 32.1. The van der Waals surface area contributed by atoms with Gasteiger partial charge in [-0.1, -0.05) is 18.9 Å². The number of thiophene rings is 1. The molecule has 2 aliphatic rings. The number of nitrogens with zero attached hydrogens (tertiary/aromatic N) is 1. The fraction of sp³-hybridized carbons (Fsp3) is 0.765. The van der Waals surface area contributed by atoms with Crippen LogP contribution in [0.3, 0.4) is 0 Å². The van der Waals surface area contributed by atoms with Gasteiger partial charge >= 0.3 is 0 Å². The van der Waals surface area contributed by atoms with Crippen molar-refractivity contribution in [2.45, 2.75) is 38.1 Å². The Balaban J connectivity index is 1.43. The van der Waals surface area contributed by atoms with Crippen molar-refractivity contribution in [3.63, 3.8) is 0 Å². The zero-order valence-electron chi connectivity index (χ0n) is 12.9. The molecule has 2 fully saturated rings. The van der Waals surface area contributed by atoms with Gasteiger partial charge in [0.1, 0.15) is 0 Å². The van der Waals surface area contributed by atoms with Crippen LogP contribution in [0.1, 0.15) is 43.0 Å². The van der Waals surface area contributed by atoms with Crippen molar-refractivity contribution >= 4 is 11.3 Å². The van der Waals surface area contributed by atoms with Crippen molar-refractivity contribution in [2.24, 2.45) is 5.92 Å². The number of nitrogens with one attached hydrogen (secondary N) is 1. The summed E-state index contributed by atoms with van der Waals surface area (Å²) in [6.07, 6.45) is 6.89. The second-order valence-electron chi connectivity index (χ2n) is 6.30. The third-order valence-electron chi connectivity index (χ3n) is 4.84. The highest BCUT2D eigenvalue weighted by Crippen LogP contribution is 2.37. The Morgan fingerprint density at radius 1 is 1.29 bits per heavy atom. The summed E-state index contributed by atoms with van der Waals surface area (Å²) in [6, 6.07) is 5.09. The van der Waals surface area contributed by atoms with Gasteiger partial charge in [-0.3, -0.25) is 4.90 Å². The second kappa shape index (κ2) is 8.28. The molecule has 1 saturated heterocycles. The molecule has 3 nitrogen and oxygen atoms in total. The lowest BCUT2D eigenvalue weighted by atomic mass is 9.96. The summed E-state index contributed by atoms with van der Waals surface area (Å²) >= 11 is 1.91. The third kappa shape index (κ3) is 4.52. The highest BCUT2D eigenvalue weighted by Gasteiger charge is 2.26. The molecule has 1 aromatic rings. The lowest BCUT2D eigenvalue weighted by Crippen LogP contribution is -2.38. The fourth-order valence-electron chi connectivity index (χ4n) is 3.64. The summed E-state index contributed by atoms with van der Waals surface area (Å²) in [5.41, 5.74) is 0. The first-order valence-electron chi connectivity index (χ1n) is 8.50. The first-order chi connectivity index (χ1) is 10.4. The average Bonchev–Trinajstić information content (AvgIpc) is 3.22. The minimum atomic E-state index is 0.595. The van der Waals surface area contributed by atoms with Crippen molar-refractivity contribution in [1.29, 1.82) is 0 Å². The molecule has 0 radical (unpaired) electrons. The molecule has 1 unspecified atom stereocenters. The van der Waals surface area contributed by atoms with E-state index in [2.05, 4.69) is 27.7 Å². The van der Waals surface area contributed by atoms with Crippen molar-refractivity contribution in [3.05, 3.63) is 22.4 Å². The normalized spacial score (nSPS) is 22.7. The van der Waals surface area contributed by atoms with Crippen LogP contribution in [0.15, 0.2) is 17.5 Å². The van der Waals surface area contributed by atoms with Crippen LogP contribution in [-0.2, 0) is 4.74 Å². The van der Waals surface area contributed by atoms with Crippen LogP contribution >= 0.6 is 11.3 Å². The predicted molar refractivity (Wildman–Crippen MR) is 88.9 cm³/mol. The Morgan fingerprint density at radius 3 is 2.81 bits per heavy atom. The monoisotopic (exact) mass is 308 g/mol. The molecule has 0 aromatic carbocycles. The van der Waals surface area contributed by atoms with E-state index in [1.807, 2.05) is 11.3 Å². The van der Waals surface area contributed by atoms with Gasteiger partial charge in [-0.05, 0) is 49.7 Å². The SMILES string of the molecule is c1csc(C(NCCCN2CCOCC2)C2CCCC2)c1. The summed E-state index contributed by atoms with van der Waals surface area (Å²) in [6.45, 7) is 6.38. The van der Waals surface area contributed by atoms with Crippen LogP contribution in [0.2, 0.25) is 0 Å². The maximum Gasteiger partial charge on any atom is 0.0594 e. The molecule has 1 N–H and O–H groups in total. The van der Waals surface area contributed by atoms with E-state index in [9.17, 15) is 0 Å². The van der Waals surface area contributed by atoms with Gasteiger partial charge in [-0.25, -0.2) is 0 Å². The molecule has 1 saturated carbocycles. The molecule has 0 bridgehead atoms. The van der Waals surface area contributed by atoms with Crippen LogP contribution in [0, 0.1) is 5.92 Å². The largest absolute Gasteiger partial charge is 0.379 e. The van der Waals surface area contributed by atoms with Crippen LogP contribution in [0.25, 0.3) is 0 Å². The van der Waals surface area contributed by atoms with E-state index in [0.29, 0.717) is 6.04 Å². The lowest BCUT2D eigenvalue weighted by Gasteiger charge is -2.28. The molecule has 21 heavy (non-hydrogen) atoms. The Hall–Kier alpha value is -0.420. The maximum atomic E-state index is 5.40. The Kier molecular flexibility index (Phi) is 6.10. The Morgan fingerprint density at radius 2 is 2.10 bits per heavy atom. The van der Waals surface area contributed by atoms with E-state index >= 15 is 0 Å². The van der Waals surface area contributed by atoms with Crippen molar-refractivity contribution in [3.8, 4) is 0 Å². The van der Waals surface area contributed by atoms with Crippen molar-refractivity contribution in [2.75, 3.05) is 39.4 Å². The average molecular weight is 308 g/mol. The summed E-state index contributed by atoms with van der Waals surface area (Å²) in [4.78, 5) is 4.06. The fourth-order valence-corrected chi connectivity index (χ4v) is 4.54. The Labute approximate surface area is 132 Å². The van der Waals surface area contributed by atoms with Crippen molar-refractivity contribution < 1.29 is 4.74 Å². The minimum Gasteiger partial charge on any atom is -0.379 e. The topological polar surface area (TPSA) is 24.5 Å². The minimum absolute atomic E-state index is 0.595. The van der Waals surface area contributed by atoms with E-state index < -0.39 is 0 Å². The summed E-state index contributed by atoms with van der Waals surface area (Å²) in [5, 5.41) is 6.07. The van der Waals surface area contributed by atoms with Gasteiger partial charge < -0.3 is 10.1 Å². The quantitative estimate of drug-likeness (QED) is 0.782. The molecule has 1 aliphatic carbocycles. The van der Waals surface area contributed by atoms with Gasteiger partial charge in [0, 0.05) is 24.0 Å². The summed E-state index contributed by atoms with van der Waals surface area (Å²) < 4.78 is 5.40. The number of rotatable bonds is 7. The third-order valence-corrected chi connectivity index (χ3v) is 5.80. The first-order valence-corrected chi connectivity index (χ1v) is 9.38. The van der Waals surface area contributed by atoms with E-state index in [4.69, 9.17) is 4.74 Å². The number of hydrogen-bond donors (Lipinski definition) is 1. The molecule has 118 valence electrons. The van der Waals surface area contributed by atoms with Crippen molar-refractivity contribution in [1.82, 2.24) is 10.2 Å². The van der Waals surface area contributed by atoms with Gasteiger partial charge in [-0.15, -0.1) is 11.3 Å². The zero-order valence-corrected chi connectivity index (χ0v) is 13.7. The highest BCUT2D eigenvalue weighted by molar-refractivity contribution is 7.10. The smallest absolute Gasteiger partial charge is 0.0594 e. The zero-order chi connectivity index (χ0) is 14.3. The molecule has 2 heterocycles. The van der Waals surface area contributed by atoms with E-state index in [1.54, 1.807) is 0 Å². The Bertz CT molecular complexity index is 384. The molecule has 1 aromatic heterocycles. The number of hydrogen-bond acceptors (Lipinski definition) is 4. The standard InChI is InChI=1S/C17H28N2OS/c1-2-6-15(5-1)17(16-7-3-14-21-16)18-8-4-9-19-10-12-20-13-11-19/h3,7,14-15,17-18H,1-2,4-6,8-13H2. The molecule has 0 spiro atoms. The van der Waals surface area contributed by atoms with E-state index in [0.717, 1.165) is 38.8 Å². The van der Waals surface area contributed by atoms with Gasteiger partial charge in [0.2, 0.25) is 0 Å². The maximum absolute atomic E-state index is 5.40. The summed E-state index contributed by atoms with van der Waals surface area (Å²) in [7, 11) is 0. The predicted octanol–water partition coefficient (Wildman–Crippen LogP) is 3.29. The molecule has 4 heteroatoms. The van der Waals surface area contributed by atoms with Gasteiger partial charge in [0.25, 0.3) is 0 Å².